The zero-order valence-corrected chi connectivity index (χ0v) is 16.4. The van der Waals surface area contributed by atoms with E-state index in [1.807, 2.05) is 30.3 Å². The molecule has 0 amide bonds. The quantitative estimate of drug-likeness (QED) is 0.578. The van der Waals surface area contributed by atoms with E-state index >= 15 is 0 Å². The number of nitrogens with one attached hydrogen (secondary N) is 2. The number of guanidine groups is 1. The van der Waals surface area contributed by atoms with Gasteiger partial charge in [0.1, 0.15) is 0 Å². The molecule has 2 aromatic carbocycles. The number of benzene rings is 2. The van der Waals surface area contributed by atoms with Crippen LogP contribution in [0.4, 0.5) is 0 Å². The Labute approximate surface area is 156 Å². The number of aliphatic imine (C=N–C) groups is 1. The molecule has 0 bridgehead atoms. The van der Waals surface area contributed by atoms with Gasteiger partial charge in [0.15, 0.2) is 15.8 Å². The van der Waals surface area contributed by atoms with Crippen molar-refractivity contribution in [2.45, 2.75) is 24.2 Å². The Morgan fingerprint density at radius 3 is 2.27 bits per heavy atom. The zero-order valence-electron chi connectivity index (χ0n) is 15.6. The minimum atomic E-state index is -3.14. The summed E-state index contributed by atoms with van der Waals surface area (Å²) in [6.07, 6.45) is 2.01. The Balaban J connectivity index is 1.78. The lowest BCUT2D eigenvalue weighted by Crippen LogP contribution is -2.39. The highest BCUT2D eigenvalue weighted by Crippen LogP contribution is 2.13. The maximum atomic E-state index is 11.5. The fourth-order valence-electron chi connectivity index (χ4n) is 2.60. The van der Waals surface area contributed by atoms with Gasteiger partial charge in [-0.15, -0.1) is 0 Å². The number of nitrogens with zero attached hydrogens (tertiary/aromatic N) is 1. The molecule has 0 saturated heterocycles. The van der Waals surface area contributed by atoms with Crippen LogP contribution in [0.5, 0.6) is 0 Å². The van der Waals surface area contributed by atoms with E-state index in [1.54, 1.807) is 19.2 Å². The van der Waals surface area contributed by atoms with Gasteiger partial charge in [-0.25, -0.2) is 8.42 Å². The smallest absolute Gasteiger partial charge is 0.191 e. The zero-order chi connectivity index (χ0) is 19.0. The monoisotopic (exact) mass is 373 g/mol. The Hall–Kier alpha value is -2.34. The molecule has 0 heterocycles. The van der Waals surface area contributed by atoms with E-state index in [-0.39, 0.29) is 0 Å². The molecule has 6 heteroatoms. The maximum Gasteiger partial charge on any atom is 0.191 e. The minimum absolute atomic E-state index is 0.349. The summed E-state index contributed by atoms with van der Waals surface area (Å²) in [5.41, 5.74) is 2.37. The van der Waals surface area contributed by atoms with Crippen LogP contribution in [0.15, 0.2) is 64.5 Å². The number of sulfone groups is 1. The van der Waals surface area contributed by atoms with Crippen LogP contribution in [0.3, 0.4) is 0 Å². The molecule has 0 radical (unpaired) electrons. The van der Waals surface area contributed by atoms with Gasteiger partial charge in [-0.2, -0.15) is 0 Å². The third-order valence-electron chi connectivity index (χ3n) is 4.23. The van der Waals surface area contributed by atoms with Crippen LogP contribution in [0.2, 0.25) is 0 Å². The van der Waals surface area contributed by atoms with Crippen LogP contribution in [0.1, 0.15) is 24.0 Å². The molecule has 0 saturated carbocycles. The summed E-state index contributed by atoms with van der Waals surface area (Å²) in [6, 6.07) is 17.4. The number of hydrogen-bond acceptors (Lipinski definition) is 3. The average molecular weight is 374 g/mol. The third kappa shape index (κ3) is 6.19. The highest BCUT2D eigenvalue weighted by atomic mass is 32.2. The number of rotatable bonds is 7. The summed E-state index contributed by atoms with van der Waals surface area (Å²) in [6.45, 7) is 3.70. The van der Waals surface area contributed by atoms with Crippen LogP contribution < -0.4 is 10.6 Å². The average Bonchev–Trinajstić information content (AvgIpc) is 2.64. The second-order valence-electron chi connectivity index (χ2n) is 6.36. The summed E-state index contributed by atoms with van der Waals surface area (Å²) in [4.78, 5) is 4.60. The molecule has 0 spiro atoms. The number of hydrogen-bond donors (Lipinski definition) is 2. The normalized spacial score (nSPS) is 13.3. The minimum Gasteiger partial charge on any atom is -0.356 e. The molecule has 0 aromatic heterocycles. The van der Waals surface area contributed by atoms with Crippen LogP contribution in [0, 0.1) is 0 Å². The third-order valence-corrected chi connectivity index (χ3v) is 5.35. The molecule has 2 rings (SSSR count). The molecule has 2 N–H and O–H groups in total. The van der Waals surface area contributed by atoms with Gasteiger partial charge in [-0.05, 0) is 35.6 Å². The lowest BCUT2D eigenvalue weighted by molar-refractivity contribution is 0.602. The van der Waals surface area contributed by atoms with E-state index in [1.165, 1.54) is 11.8 Å². The van der Waals surface area contributed by atoms with Gasteiger partial charge in [0.25, 0.3) is 0 Å². The first-order valence-electron chi connectivity index (χ1n) is 8.68. The lowest BCUT2D eigenvalue weighted by Gasteiger charge is -2.16. The first-order chi connectivity index (χ1) is 12.4. The second-order valence-corrected chi connectivity index (χ2v) is 8.37. The standard InChI is InChI=1S/C20H27N3O2S/c1-16(18-7-5-4-6-8-18)15-23-20(21-2)22-14-13-17-9-11-19(12-10-17)26(3,24)25/h4-12,16H,13-15H2,1-3H3,(H2,21,22,23). The van der Waals surface area contributed by atoms with Crippen molar-refractivity contribution in [3.05, 3.63) is 65.7 Å². The molecule has 1 atom stereocenters. The van der Waals surface area contributed by atoms with E-state index in [4.69, 9.17) is 0 Å². The maximum absolute atomic E-state index is 11.5. The Kier molecular flexibility index (Phi) is 7.21. The molecule has 0 aliphatic heterocycles. The van der Waals surface area contributed by atoms with Gasteiger partial charge in [0.2, 0.25) is 0 Å². The van der Waals surface area contributed by atoms with Gasteiger partial charge >= 0.3 is 0 Å². The molecule has 0 aliphatic carbocycles. The first kappa shape index (κ1) is 20.0. The fourth-order valence-corrected chi connectivity index (χ4v) is 3.23. The van der Waals surface area contributed by atoms with Gasteiger partial charge in [-0.3, -0.25) is 4.99 Å². The SMILES string of the molecule is CN=C(NCCc1ccc(S(C)(=O)=O)cc1)NCC(C)c1ccccc1. The summed E-state index contributed by atoms with van der Waals surface area (Å²) >= 11 is 0. The van der Waals surface area contributed by atoms with Gasteiger partial charge in [-0.1, -0.05) is 49.4 Å². The topological polar surface area (TPSA) is 70.6 Å². The van der Waals surface area contributed by atoms with Crippen molar-refractivity contribution in [3.8, 4) is 0 Å². The molecular weight excluding hydrogens is 346 g/mol. The van der Waals surface area contributed by atoms with E-state index in [9.17, 15) is 8.42 Å². The highest BCUT2D eigenvalue weighted by molar-refractivity contribution is 7.90. The summed E-state index contributed by atoms with van der Waals surface area (Å²) in [7, 11) is -1.39. The van der Waals surface area contributed by atoms with Crippen molar-refractivity contribution in [2.75, 3.05) is 26.4 Å². The summed E-state index contributed by atoms with van der Waals surface area (Å²) in [5, 5.41) is 6.63. The van der Waals surface area contributed by atoms with Gasteiger partial charge < -0.3 is 10.6 Å². The van der Waals surface area contributed by atoms with Crippen molar-refractivity contribution in [1.29, 1.82) is 0 Å². The van der Waals surface area contributed by atoms with Crippen molar-refractivity contribution in [3.63, 3.8) is 0 Å². The van der Waals surface area contributed by atoms with E-state index in [0.29, 0.717) is 10.8 Å². The van der Waals surface area contributed by atoms with Crippen molar-refractivity contribution < 1.29 is 8.42 Å². The van der Waals surface area contributed by atoms with Crippen molar-refractivity contribution in [1.82, 2.24) is 10.6 Å². The van der Waals surface area contributed by atoms with Crippen molar-refractivity contribution >= 4 is 15.8 Å². The summed E-state index contributed by atoms with van der Waals surface area (Å²) in [5.74, 6) is 1.15. The fraction of sp³-hybridized carbons (Fsp3) is 0.350. The molecule has 140 valence electrons. The van der Waals surface area contributed by atoms with Gasteiger partial charge in [0, 0.05) is 26.4 Å². The molecule has 0 aliphatic rings. The second kappa shape index (κ2) is 9.38. The molecule has 5 nitrogen and oxygen atoms in total. The Morgan fingerprint density at radius 1 is 1.04 bits per heavy atom. The summed E-state index contributed by atoms with van der Waals surface area (Å²) < 4.78 is 23.0. The van der Waals surface area contributed by atoms with Crippen LogP contribution in [0.25, 0.3) is 0 Å². The lowest BCUT2D eigenvalue weighted by atomic mass is 10.0. The van der Waals surface area contributed by atoms with E-state index in [0.717, 1.165) is 31.0 Å². The van der Waals surface area contributed by atoms with Crippen LogP contribution in [-0.4, -0.2) is 40.8 Å². The molecular formula is C20H27N3O2S. The van der Waals surface area contributed by atoms with Crippen LogP contribution in [-0.2, 0) is 16.3 Å². The molecule has 26 heavy (non-hydrogen) atoms. The largest absolute Gasteiger partial charge is 0.356 e. The predicted molar refractivity (Wildman–Crippen MR) is 107 cm³/mol. The molecule has 0 fully saturated rings. The van der Waals surface area contributed by atoms with Crippen molar-refractivity contribution in [2.24, 2.45) is 4.99 Å². The predicted octanol–water partition coefficient (Wildman–Crippen LogP) is 2.60. The Morgan fingerprint density at radius 2 is 1.69 bits per heavy atom. The van der Waals surface area contributed by atoms with Crippen LogP contribution >= 0.6 is 0 Å². The van der Waals surface area contributed by atoms with Gasteiger partial charge in [0.05, 0.1) is 4.90 Å². The highest BCUT2D eigenvalue weighted by Gasteiger charge is 2.07. The Bertz CT molecular complexity index is 816. The molecule has 1 unspecified atom stereocenters. The molecule has 2 aromatic rings. The first-order valence-corrected chi connectivity index (χ1v) is 10.6. The van der Waals surface area contributed by atoms with E-state index < -0.39 is 9.84 Å². The van der Waals surface area contributed by atoms with E-state index in [2.05, 4.69) is 34.7 Å².